The Balaban J connectivity index is 0.000000336. The summed E-state index contributed by atoms with van der Waals surface area (Å²) in [6, 6.07) is 6.25. The Morgan fingerprint density at radius 1 is 1.40 bits per heavy atom. The molecule has 0 N–H and O–H groups in total. The molecular formula is C11H16BrNOS. The van der Waals surface area contributed by atoms with Crippen LogP contribution < -0.4 is 0 Å². The van der Waals surface area contributed by atoms with Gasteiger partial charge in [0.05, 0.1) is 0 Å². The molecule has 0 aliphatic heterocycles. The highest BCUT2D eigenvalue weighted by atomic mass is 79.9. The van der Waals surface area contributed by atoms with Crippen LogP contribution >= 0.6 is 27.7 Å². The number of carbonyl (C=O) groups excluding carboxylic acids is 1. The topological polar surface area (TPSA) is 20.3 Å². The molecule has 0 aromatic heterocycles. The van der Waals surface area contributed by atoms with Gasteiger partial charge in [0.2, 0.25) is 6.41 Å². The second-order valence-electron chi connectivity index (χ2n) is 3.14. The minimum atomic E-state index is 0.750. The molecule has 0 saturated carbocycles. The van der Waals surface area contributed by atoms with Gasteiger partial charge in [-0.2, -0.15) is 0 Å². The van der Waals surface area contributed by atoms with Gasteiger partial charge >= 0.3 is 0 Å². The number of carbonyl (C=O) groups is 1. The third-order valence-electron chi connectivity index (χ3n) is 1.65. The number of rotatable bonds is 2. The Bertz CT molecular complexity index is 315. The first-order valence-corrected chi connectivity index (χ1v) is 6.45. The van der Waals surface area contributed by atoms with E-state index >= 15 is 0 Å². The van der Waals surface area contributed by atoms with Crippen LogP contribution in [-0.4, -0.2) is 31.7 Å². The zero-order valence-corrected chi connectivity index (χ0v) is 11.9. The summed E-state index contributed by atoms with van der Waals surface area (Å²) in [4.78, 5) is 12.2. The van der Waals surface area contributed by atoms with E-state index in [4.69, 9.17) is 0 Å². The highest BCUT2D eigenvalue weighted by Gasteiger charge is 1.97. The largest absolute Gasteiger partial charge is 0.351 e. The molecule has 0 spiro atoms. The molecule has 1 rings (SSSR count). The molecule has 0 aliphatic carbocycles. The summed E-state index contributed by atoms with van der Waals surface area (Å²) in [6.07, 6.45) is 2.84. The number of thioether (sulfide) groups is 1. The Hall–Kier alpha value is -0.480. The predicted octanol–water partition coefficient (Wildman–Crippen LogP) is 3.18. The van der Waals surface area contributed by atoms with Crippen molar-refractivity contribution in [3.8, 4) is 0 Å². The number of hydrogen-bond acceptors (Lipinski definition) is 2. The van der Waals surface area contributed by atoms with Crippen LogP contribution in [0.25, 0.3) is 0 Å². The fourth-order valence-corrected chi connectivity index (χ4v) is 1.94. The van der Waals surface area contributed by atoms with Gasteiger partial charge in [0, 0.05) is 23.5 Å². The highest BCUT2D eigenvalue weighted by molar-refractivity contribution is 9.10. The molecule has 1 amide bonds. The minimum absolute atomic E-state index is 0.750. The first-order chi connectivity index (χ1) is 7.02. The highest BCUT2D eigenvalue weighted by Crippen LogP contribution is 2.25. The lowest BCUT2D eigenvalue weighted by atomic mass is 10.2. The van der Waals surface area contributed by atoms with Crippen LogP contribution in [0.3, 0.4) is 0 Å². The lowest BCUT2D eigenvalue weighted by Gasteiger charge is -2.02. The average Bonchev–Trinajstić information content (AvgIpc) is 2.23. The second-order valence-corrected chi connectivity index (χ2v) is 4.84. The van der Waals surface area contributed by atoms with E-state index in [1.807, 2.05) is 0 Å². The fourth-order valence-electron chi connectivity index (χ4n) is 0.809. The van der Waals surface area contributed by atoms with Crippen LogP contribution in [0, 0.1) is 6.92 Å². The summed E-state index contributed by atoms with van der Waals surface area (Å²) in [5, 5.41) is 0. The lowest BCUT2D eigenvalue weighted by molar-refractivity contribution is -0.115. The van der Waals surface area contributed by atoms with Crippen molar-refractivity contribution in [2.75, 3.05) is 20.4 Å². The maximum absolute atomic E-state index is 9.43. The molecule has 0 aliphatic rings. The number of amides is 1. The van der Waals surface area contributed by atoms with Crippen molar-refractivity contribution >= 4 is 34.1 Å². The van der Waals surface area contributed by atoms with Gasteiger partial charge in [0.1, 0.15) is 0 Å². The van der Waals surface area contributed by atoms with E-state index < -0.39 is 0 Å². The molecular weight excluding hydrogens is 274 g/mol. The molecule has 0 radical (unpaired) electrons. The fraction of sp³-hybridized carbons (Fsp3) is 0.364. The van der Waals surface area contributed by atoms with Gasteiger partial charge in [-0.3, -0.25) is 4.79 Å². The third kappa shape index (κ3) is 5.85. The summed E-state index contributed by atoms with van der Waals surface area (Å²) in [7, 11) is 3.38. The van der Waals surface area contributed by atoms with Gasteiger partial charge in [0.25, 0.3) is 0 Å². The molecule has 0 atom stereocenters. The minimum Gasteiger partial charge on any atom is -0.351 e. The Kier molecular flexibility index (Phi) is 7.52. The van der Waals surface area contributed by atoms with E-state index in [0.717, 1.165) is 6.41 Å². The first-order valence-electron chi connectivity index (χ1n) is 4.43. The van der Waals surface area contributed by atoms with Crippen LogP contribution in [-0.2, 0) is 4.79 Å². The van der Waals surface area contributed by atoms with Crippen LogP contribution in [0.5, 0.6) is 0 Å². The van der Waals surface area contributed by atoms with Gasteiger partial charge in [-0.25, -0.2) is 0 Å². The number of hydrogen-bond donors (Lipinski definition) is 0. The van der Waals surface area contributed by atoms with Gasteiger partial charge < -0.3 is 4.90 Å². The zero-order valence-electron chi connectivity index (χ0n) is 9.45. The molecule has 0 unspecified atom stereocenters. The summed E-state index contributed by atoms with van der Waals surface area (Å²) in [5.74, 6) is 0. The molecule has 84 valence electrons. The average molecular weight is 290 g/mol. The maximum atomic E-state index is 9.43. The lowest BCUT2D eigenvalue weighted by Crippen LogP contribution is -2.06. The molecule has 2 nitrogen and oxygen atoms in total. The first kappa shape index (κ1) is 14.5. The van der Waals surface area contributed by atoms with E-state index in [1.54, 1.807) is 25.9 Å². The molecule has 0 saturated heterocycles. The Labute approximate surface area is 104 Å². The maximum Gasteiger partial charge on any atom is 0.209 e. The third-order valence-corrected chi connectivity index (χ3v) is 3.39. The van der Waals surface area contributed by atoms with Gasteiger partial charge in [-0.1, -0.05) is 22.0 Å². The monoisotopic (exact) mass is 289 g/mol. The molecule has 0 heterocycles. The standard InChI is InChI=1S/C8H9BrS.C3H7NO/c1-6-7(9)4-3-5-8(6)10-2;1-4(2)3-5/h3-5H,1-2H3;3H,1-2H3. The zero-order chi connectivity index (χ0) is 11.8. The van der Waals surface area contributed by atoms with Crippen molar-refractivity contribution in [1.29, 1.82) is 0 Å². The van der Waals surface area contributed by atoms with Crippen LogP contribution in [0.2, 0.25) is 0 Å². The Morgan fingerprint density at radius 2 is 1.93 bits per heavy atom. The van der Waals surface area contributed by atoms with Crippen molar-refractivity contribution in [3.05, 3.63) is 28.2 Å². The van der Waals surface area contributed by atoms with Crippen LogP contribution in [0.4, 0.5) is 0 Å². The van der Waals surface area contributed by atoms with E-state index in [9.17, 15) is 4.79 Å². The van der Waals surface area contributed by atoms with E-state index in [0.29, 0.717) is 0 Å². The molecule has 0 fully saturated rings. The second kappa shape index (κ2) is 7.77. The smallest absolute Gasteiger partial charge is 0.209 e. The quantitative estimate of drug-likeness (QED) is 0.616. The van der Waals surface area contributed by atoms with Crippen LogP contribution in [0.1, 0.15) is 5.56 Å². The van der Waals surface area contributed by atoms with Crippen molar-refractivity contribution in [2.24, 2.45) is 0 Å². The summed E-state index contributed by atoms with van der Waals surface area (Å²) in [5.41, 5.74) is 1.33. The van der Waals surface area contributed by atoms with E-state index in [2.05, 4.69) is 47.3 Å². The summed E-state index contributed by atoms with van der Waals surface area (Å²) >= 11 is 5.25. The molecule has 1 aromatic rings. The van der Waals surface area contributed by atoms with Crippen LogP contribution in [0.15, 0.2) is 27.6 Å². The molecule has 4 heteroatoms. The van der Waals surface area contributed by atoms with E-state index in [-0.39, 0.29) is 0 Å². The summed E-state index contributed by atoms with van der Waals surface area (Å²) in [6.45, 7) is 2.12. The van der Waals surface area contributed by atoms with Crippen molar-refractivity contribution in [1.82, 2.24) is 4.90 Å². The molecule has 1 aromatic carbocycles. The van der Waals surface area contributed by atoms with Crippen molar-refractivity contribution in [2.45, 2.75) is 11.8 Å². The number of benzene rings is 1. The van der Waals surface area contributed by atoms with Crippen molar-refractivity contribution in [3.63, 3.8) is 0 Å². The van der Waals surface area contributed by atoms with Gasteiger partial charge in [0.15, 0.2) is 0 Å². The molecule has 15 heavy (non-hydrogen) atoms. The Morgan fingerprint density at radius 3 is 2.27 bits per heavy atom. The predicted molar refractivity (Wildman–Crippen MR) is 70.4 cm³/mol. The molecule has 0 bridgehead atoms. The van der Waals surface area contributed by atoms with E-state index in [1.165, 1.54) is 19.8 Å². The normalized spacial score (nSPS) is 8.87. The SMILES string of the molecule is CN(C)C=O.CSc1cccc(Br)c1C. The van der Waals surface area contributed by atoms with Crippen molar-refractivity contribution < 1.29 is 4.79 Å². The van der Waals surface area contributed by atoms with Gasteiger partial charge in [-0.15, -0.1) is 11.8 Å². The summed E-state index contributed by atoms with van der Waals surface area (Å²) < 4.78 is 1.19. The van der Waals surface area contributed by atoms with Gasteiger partial charge in [-0.05, 0) is 30.9 Å². The number of halogens is 1. The number of nitrogens with zero attached hydrogens (tertiary/aromatic N) is 1.